The van der Waals surface area contributed by atoms with Gasteiger partial charge in [0, 0.05) is 34.7 Å². The zero-order valence-electron chi connectivity index (χ0n) is 16.0. The number of imidazole rings is 1. The Hall–Kier alpha value is -1.32. The number of nitrogens with zero attached hydrogens (tertiary/aromatic N) is 3. The second-order valence-corrected chi connectivity index (χ2v) is 8.17. The van der Waals surface area contributed by atoms with E-state index in [-0.39, 0.29) is 53.1 Å². The molecule has 2 aromatic rings. The van der Waals surface area contributed by atoms with Crippen LogP contribution in [0, 0.1) is 11.8 Å². The number of aryl methyl sites for hydroxylation is 1. The quantitative estimate of drug-likeness (QED) is 0.416. The summed E-state index contributed by atoms with van der Waals surface area (Å²) in [5.74, 6) is -1.70. The summed E-state index contributed by atoms with van der Waals surface area (Å²) in [5, 5.41) is 21.6. The fourth-order valence-electron chi connectivity index (χ4n) is 4.14. The van der Waals surface area contributed by atoms with Gasteiger partial charge in [-0.25, -0.2) is 4.98 Å². The monoisotopic (exact) mass is 409 g/mol. The average molecular weight is 409 g/mol. The van der Waals surface area contributed by atoms with Crippen LogP contribution in [0.15, 0.2) is 41.2 Å². The van der Waals surface area contributed by atoms with Gasteiger partial charge in [0.15, 0.2) is 0 Å². The van der Waals surface area contributed by atoms with E-state index in [4.69, 9.17) is 0 Å². The second-order valence-electron chi connectivity index (χ2n) is 7.03. The number of β-lactam (4-membered cyclic amide) rings is 1. The van der Waals surface area contributed by atoms with Crippen molar-refractivity contribution in [2.24, 2.45) is 11.8 Å². The first-order valence-electron chi connectivity index (χ1n) is 8.92. The van der Waals surface area contributed by atoms with Crippen LogP contribution in [0.3, 0.4) is 0 Å². The molecule has 0 radical (unpaired) electrons. The molecule has 0 bridgehead atoms. The van der Waals surface area contributed by atoms with E-state index in [1.807, 2.05) is 41.9 Å². The molecule has 2 aromatic heterocycles. The van der Waals surface area contributed by atoms with Crippen LogP contribution < -0.4 is 34.7 Å². The van der Waals surface area contributed by atoms with Gasteiger partial charge in [-0.2, -0.15) is 0 Å². The Bertz CT molecular complexity index is 958. The number of aromatic nitrogens is 2. The van der Waals surface area contributed by atoms with Crippen molar-refractivity contribution in [3.8, 4) is 0 Å². The summed E-state index contributed by atoms with van der Waals surface area (Å²) in [7, 11) is 0. The third-order valence-corrected chi connectivity index (χ3v) is 6.70. The molecule has 1 saturated heterocycles. The molecular formula is C19H20N3NaO4S. The molecule has 0 saturated carbocycles. The molecular weight excluding hydrogens is 389 g/mol. The number of hydrogen-bond acceptors (Lipinski definition) is 6. The van der Waals surface area contributed by atoms with Crippen LogP contribution in [-0.2, 0) is 16.0 Å². The molecule has 1 fully saturated rings. The second kappa shape index (κ2) is 8.20. The SMILES string of the molecule is CC(O)C1C(=O)N2C(C(=O)[O-])=C(SCCc3cnc4ccccn34)[C@H](C)C12.[Na+]. The number of aliphatic hydroxyl groups is 1. The van der Waals surface area contributed by atoms with Crippen molar-refractivity contribution in [3.05, 3.63) is 46.9 Å². The van der Waals surface area contributed by atoms with E-state index in [1.54, 1.807) is 6.92 Å². The molecule has 9 heteroatoms. The van der Waals surface area contributed by atoms with Crippen molar-refractivity contribution >= 4 is 29.3 Å². The van der Waals surface area contributed by atoms with Crippen LogP contribution in [0.25, 0.3) is 5.65 Å². The van der Waals surface area contributed by atoms with Crippen LogP contribution >= 0.6 is 11.8 Å². The van der Waals surface area contributed by atoms with Gasteiger partial charge < -0.3 is 24.3 Å². The molecule has 0 aliphatic carbocycles. The number of carboxylic acid groups (broad SMARTS) is 1. The van der Waals surface area contributed by atoms with Crippen molar-refractivity contribution in [1.82, 2.24) is 14.3 Å². The van der Waals surface area contributed by atoms with Crippen LogP contribution in [0.2, 0.25) is 0 Å². The molecule has 28 heavy (non-hydrogen) atoms. The fraction of sp³-hybridized carbons (Fsp3) is 0.421. The van der Waals surface area contributed by atoms with Crippen LogP contribution in [0.5, 0.6) is 0 Å². The maximum absolute atomic E-state index is 12.3. The van der Waals surface area contributed by atoms with Gasteiger partial charge in [0.2, 0.25) is 5.91 Å². The van der Waals surface area contributed by atoms with Gasteiger partial charge >= 0.3 is 29.6 Å². The zero-order valence-corrected chi connectivity index (χ0v) is 18.8. The minimum atomic E-state index is -1.33. The van der Waals surface area contributed by atoms with Gasteiger partial charge in [-0.3, -0.25) is 4.79 Å². The third-order valence-electron chi connectivity index (χ3n) is 5.41. The summed E-state index contributed by atoms with van der Waals surface area (Å²) in [5.41, 5.74) is 1.88. The molecule has 0 aromatic carbocycles. The number of carboxylic acids is 1. The fourth-order valence-corrected chi connectivity index (χ4v) is 5.39. The van der Waals surface area contributed by atoms with Crippen LogP contribution in [-0.4, -0.2) is 49.2 Å². The first-order chi connectivity index (χ1) is 12.9. The van der Waals surface area contributed by atoms with E-state index >= 15 is 0 Å². The van der Waals surface area contributed by atoms with Crippen molar-refractivity contribution in [1.29, 1.82) is 0 Å². The predicted octanol–water partition coefficient (Wildman–Crippen LogP) is -2.57. The summed E-state index contributed by atoms with van der Waals surface area (Å²) in [6.45, 7) is 3.48. The Morgan fingerprint density at radius 3 is 2.86 bits per heavy atom. The number of fused-ring (bicyclic) bond motifs is 2. The van der Waals surface area contributed by atoms with Crippen molar-refractivity contribution in [3.63, 3.8) is 0 Å². The van der Waals surface area contributed by atoms with Gasteiger partial charge in [0.25, 0.3) is 0 Å². The summed E-state index contributed by atoms with van der Waals surface area (Å²) >= 11 is 1.44. The van der Waals surface area contributed by atoms with Gasteiger partial charge in [-0.15, -0.1) is 11.8 Å². The number of aliphatic hydroxyl groups excluding tert-OH is 1. The summed E-state index contributed by atoms with van der Waals surface area (Å²) < 4.78 is 2.01. The van der Waals surface area contributed by atoms with E-state index in [0.29, 0.717) is 17.1 Å². The predicted molar refractivity (Wildman–Crippen MR) is 98.4 cm³/mol. The van der Waals surface area contributed by atoms with Crippen LogP contribution in [0.4, 0.5) is 0 Å². The number of rotatable bonds is 6. The zero-order chi connectivity index (χ0) is 19.3. The first-order valence-corrected chi connectivity index (χ1v) is 9.90. The average Bonchev–Trinajstić information content (AvgIpc) is 3.13. The van der Waals surface area contributed by atoms with Crippen molar-refractivity contribution in [2.45, 2.75) is 32.4 Å². The third kappa shape index (κ3) is 3.31. The van der Waals surface area contributed by atoms with Gasteiger partial charge in [0.1, 0.15) is 5.65 Å². The first kappa shape index (κ1) is 21.4. The van der Waals surface area contributed by atoms with Crippen molar-refractivity contribution < 1.29 is 49.4 Å². The minimum Gasteiger partial charge on any atom is -0.543 e. The molecule has 4 atom stereocenters. The van der Waals surface area contributed by atoms with Gasteiger partial charge in [-0.05, 0) is 25.5 Å². The Morgan fingerprint density at radius 2 is 2.18 bits per heavy atom. The van der Waals surface area contributed by atoms with E-state index in [9.17, 15) is 19.8 Å². The summed E-state index contributed by atoms with van der Waals surface area (Å²) in [4.78, 5) is 30.3. The molecule has 1 N–H and O–H groups in total. The number of amides is 1. The van der Waals surface area contributed by atoms with E-state index in [1.165, 1.54) is 16.7 Å². The molecule has 4 heterocycles. The molecule has 4 rings (SSSR count). The largest absolute Gasteiger partial charge is 1.00 e. The van der Waals surface area contributed by atoms with Gasteiger partial charge in [-0.1, -0.05) is 13.0 Å². The molecule has 3 unspecified atom stereocenters. The number of thioether (sulfide) groups is 1. The Balaban J connectivity index is 0.00000225. The van der Waals surface area contributed by atoms with Crippen molar-refractivity contribution in [2.75, 3.05) is 5.75 Å². The normalized spacial score (nSPS) is 24.8. The number of carbonyl (C=O) groups is 2. The maximum Gasteiger partial charge on any atom is 1.00 e. The molecule has 1 amide bonds. The Kier molecular flexibility index (Phi) is 6.26. The number of aliphatic carboxylic acids is 1. The summed E-state index contributed by atoms with van der Waals surface area (Å²) in [6.07, 6.45) is 3.68. The topological polar surface area (TPSA) is 98.0 Å². The Morgan fingerprint density at radius 1 is 1.43 bits per heavy atom. The molecule has 7 nitrogen and oxygen atoms in total. The molecule has 2 aliphatic rings. The van der Waals surface area contributed by atoms with E-state index in [0.717, 1.165) is 11.3 Å². The number of carbonyl (C=O) groups excluding carboxylic acids is 2. The number of hydrogen-bond donors (Lipinski definition) is 1. The number of pyridine rings is 1. The molecule has 2 aliphatic heterocycles. The standard InChI is InChI=1S/C19H21N3O4S.Na/c1-10-15-14(11(2)23)18(24)22(15)16(19(25)26)17(10)27-8-6-12-9-20-13-5-3-4-7-21(12)13;/h3-5,7,9-11,14-15,23H,6,8H2,1-2H3,(H,25,26);/q;+1/p-1/t10-,11?,14?,15?;/m1./s1. The van der Waals surface area contributed by atoms with E-state index < -0.39 is 18.0 Å². The molecule has 0 spiro atoms. The van der Waals surface area contributed by atoms with Gasteiger partial charge in [0.05, 0.1) is 29.7 Å². The Labute approximate surface area is 189 Å². The maximum atomic E-state index is 12.3. The van der Waals surface area contributed by atoms with Crippen LogP contribution in [0.1, 0.15) is 19.5 Å². The van der Waals surface area contributed by atoms with E-state index in [2.05, 4.69) is 4.98 Å². The molecule has 142 valence electrons. The smallest absolute Gasteiger partial charge is 0.543 e. The minimum absolute atomic E-state index is 0. The summed E-state index contributed by atoms with van der Waals surface area (Å²) in [6, 6.07) is 5.49.